The fraction of sp³-hybridized carbons (Fsp3) is 0.357. The Labute approximate surface area is 117 Å². The first-order valence-electron chi connectivity index (χ1n) is 6.06. The first kappa shape index (κ1) is 13.6. The maximum absolute atomic E-state index is 11.9. The van der Waals surface area contributed by atoms with E-state index in [1.165, 1.54) is 0 Å². The lowest BCUT2D eigenvalue weighted by atomic mass is 10.0. The Hall–Kier alpha value is -1.86. The molecule has 0 atom stereocenters. The van der Waals surface area contributed by atoms with Gasteiger partial charge in [-0.25, -0.2) is 0 Å². The van der Waals surface area contributed by atoms with Crippen LogP contribution in [-0.4, -0.2) is 18.1 Å². The number of hydrogen-bond donors (Lipinski definition) is 1. The molecule has 0 fully saturated rings. The van der Waals surface area contributed by atoms with Gasteiger partial charge in [-0.2, -0.15) is 10.2 Å². The van der Waals surface area contributed by atoms with E-state index in [0.29, 0.717) is 30.0 Å². The summed E-state index contributed by atoms with van der Waals surface area (Å²) in [7, 11) is 0. The monoisotopic (exact) mass is 275 g/mol. The predicted octanol–water partition coefficient (Wildman–Crippen LogP) is 3.04. The van der Waals surface area contributed by atoms with Gasteiger partial charge in [0, 0.05) is 36.4 Å². The van der Waals surface area contributed by atoms with Gasteiger partial charge in [-0.05, 0) is 18.2 Å². The van der Waals surface area contributed by atoms with Crippen molar-refractivity contribution < 1.29 is 4.79 Å². The molecule has 0 radical (unpaired) electrons. The van der Waals surface area contributed by atoms with Crippen LogP contribution < -0.4 is 5.32 Å². The summed E-state index contributed by atoms with van der Waals surface area (Å²) >= 11 is 5.83. The predicted molar refractivity (Wildman–Crippen MR) is 74.1 cm³/mol. The molecule has 5 heteroatoms. The number of benzene rings is 1. The SMILES string of the molecule is C#CCCC1(CCNC(=O)c2cccc(Cl)c2)N=N1. The van der Waals surface area contributed by atoms with Crippen molar-refractivity contribution in [2.24, 2.45) is 10.2 Å². The van der Waals surface area contributed by atoms with Crippen LogP contribution >= 0.6 is 11.6 Å². The van der Waals surface area contributed by atoms with E-state index >= 15 is 0 Å². The number of carbonyl (C=O) groups is 1. The average molecular weight is 276 g/mol. The highest BCUT2D eigenvalue weighted by Crippen LogP contribution is 2.36. The van der Waals surface area contributed by atoms with E-state index in [4.69, 9.17) is 18.0 Å². The molecular weight excluding hydrogens is 262 g/mol. The quantitative estimate of drug-likeness (QED) is 0.797. The van der Waals surface area contributed by atoms with Gasteiger partial charge in [-0.15, -0.1) is 12.3 Å². The van der Waals surface area contributed by atoms with Crippen LogP contribution in [-0.2, 0) is 0 Å². The van der Waals surface area contributed by atoms with E-state index in [-0.39, 0.29) is 11.6 Å². The number of terminal acetylenes is 1. The maximum atomic E-state index is 11.9. The van der Waals surface area contributed by atoms with Crippen LogP contribution in [0.15, 0.2) is 34.5 Å². The third kappa shape index (κ3) is 3.80. The van der Waals surface area contributed by atoms with Crippen LogP contribution in [0, 0.1) is 12.3 Å². The molecule has 1 aliphatic rings. The lowest BCUT2D eigenvalue weighted by Gasteiger charge is -2.10. The third-order valence-electron chi connectivity index (χ3n) is 2.95. The number of carbonyl (C=O) groups excluding carboxylic acids is 1. The molecule has 1 N–H and O–H groups in total. The van der Waals surface area contributed by atoms with E-state index in [9.17, 15) is 4.79 Å². The summed E-state index contributed by atoms with van der Waals surface area (Å²) in [5.74, 6) is 2.43. The Kier molecular flexibility index (Phi) is 4.18. The average Bonchev–Trinajstić information content (AvgIpc) is 3.17. The van der Waals surface area contributed by atoms with Crippen molar-refractivity contribution in [3.63, 3.8) is 0 Å². The van der Waals surface area contributed by atoms with E-state index in [1.807, 2.05) is 0 Å². The molecule has 0 saturated heterocycles. The number of nitrogens with one attached hydrogen (secondary N) is 1. The van der Waals surface area contributed by atoms with Gasteiger partial charge in [0.15, 0.2) is 5.66 Å². The smallest absolute Gasteiger partial charge is 0.251 e. The largest absolute Gasteiger partial charge is 0.352 e. The molecule has 1 amide bonds. The normalized spacial score (nSPS) is 14.7. The highest BCUT2D eigenvalue weighted by Gasteiger charge is 2.38. The summed E-state index contributed by atoms with van der Waals surface area (Å²) in [4.78, 5) is 11.9. The number of rotatable bonds is 6. The second-order valence-corrected chi connectivity index (χ2v) is 4.84. The van der Waals surface area contributed by atoms with Gasteiger partial charge in [-0.1, -0.05) is 17.7 Å². The summed E-state index contributed by atoms with van der Waals surface area (Å²) in [5, 5.41) is 11.4. The van der Waals surface area contributed by atoms with Gasteiger partial charge in [-0.3, -0.25) is 4.79 Å². The molecule has 1 aliphatic heterocycles. The number of halogens is 1. The maximum Gasteiger partial charge on any atom is 0.251 e. The van der Waals surface area contributed by atoms with Gasteiger partial charge >= 0.3 is 0 Å². The van der Waals surface area contributed by atoms with Crippen LogP contribution in [0.1, 0.15) is 29.6 Å². The summed E-state index contributed by atoms with van der Waals surface area (Å²) in [5.41, 5.74) is 0.198. The summed E-state index contributed by atoms with van der Waals surface area (Å²) < 4.78 is 0. The number of nitrogens with zero attached hydrogens (tertiary/aromatic N) is 2. The van der Waals surface area contributed by atoms with Crippen molar-refractivity contribution in [3.05, 3.63) is 34.9 Å². The number of amides is 1. The first-order chi connectivity index (χ1) is 9.15. The molecule has 0 saturated carbocycles. The van der Waals surface area contributed by atoms with Crippen molar-refractivity contribution in [2.45, 2.75) is 24.9 Å². The van der Waals surface area contributed by atoms with Crippen LogP contribution in [0.25, 0.3) is 0 Å². The van der Waals surface area contributed by atoms with Crippen molar-refractivity contribution >= 4 is 17.5 Å². The van der Waals surface area contributed by atoms with Crippen molar-refractivity contribution in [1.29, 1.82) is 0 Å². The Balaban J connectivity index is 1.77. The zero-order chi connectivity index (χ0) is 13.7. The molecule has 1 heterocycles. The molecule has 0 unspecified atom stereocenters. The Bertz CT molecular complexity index is 542. The molecule has 4 nitrogen and oxygen atoms in total. The van der Waals surface area contributed by atoms with Crippen molar-refractivity contribution in [3.8, 4) is 12.3 Å². The lowest BCUT2D eigenvalue weighted by molar-refractivity contribution is 0.0952. The highest BCUT2D eigenvalue weighted by molar-refractivity contribution is 6.30. The Morgan fingerprint density at radius 1 is 1.42 bits per heavy atom. The van der Waals surface area contributed by atoms with Crippen LogP contribution in [0.4, 0.5) is 0 Å². The van der Waals surface area contributed by atoms with Gasteiger partial charge in [0.1, 0.15) is 0 Å². The summed E-state index contributed by atoms with van der Waals surface area (Å²) in [6, 6.07) is 6.84. The number of hydrogen-bond acceptors (Lipinski definition) is 3. The zero-order valence-corrected chi connectivity index (χ0v) is 11.2. The fourth-order valence-electron chi connectivity index (χ4n) is 1.78. The third-order valence-corrected chi connectivity index (χ3v) is 3.19. The zero-order valence-electron chi connectivity index (χ0n) is 10.4. The lowest BCUT2D eigenvalue weighted by Crippen LogP contribution is -2.28. The van der Waals surface area contributed by atoms with Crippen molar-refractivity contribution in [1.82, 2.24) is 5.32 Å². The van der Waals surface area contributed by atoms with E-state index in [2.05, 4.69) is 21.5 Å². The molecule has 0 aliphatic carbocycles. The second-order valence-electron chi connectivity index (χ2n) is 4.40. The molecule has 2 rings (SSSR count). The molecule has 98 valence electrons. The topological polar surface area (TPSA) is 53.8 Å². The van der Waals surface area contributed by atoms with E-state index < -0.39 is 0 Å². The van der Waals surface area contributed by atoms with Gasteiger partial charge in [0.05, 0.1) is 0 Å². The van der Waals surface area contributed by atoms with Crippen LogP contribution in [0.3, 0.4) is 0 Å². The van der Waals surface area contributed by atoms with Crippen LogP contribution in [0.5, 0.6) is 0 Å². The van der Waals surface area contributed by atoms with Crippen LogP contribution in [0.2, 0.25) is 5.02 Å². The summed E-state index contributed by atoms with van der Waals surface area (Å²) in [6.45, 7) is 0.517. The Morgan fingerprint density at radius 3 is 2.84 bits per heavy atom. The molecule has 0 aromatic heterocycles. The first-order valence-corrected chi connectivity index (χ1v) is 6.44. The standard InChI is InChI=1S/C14H14ClN3O/c1-2-3-7-14(17-18-14)8-9-16-13(19)11-5-4-6-12(15)10-11/h1,4-6,10H,3,7-9H2,(H,16,19). The van der Waals surface area contributed by atoms with Gasteiger partial charge in [0.25, 0.3) is 5.91 Å². The molecule has 0 spiro atoms. The van der Waals surface area contributed by atoms with Gasteiger partial charge < -0.3 is 5.32 Å². The minimum absolute atomic E-state index is 0.143. The van der Waals surface area contributed by atoms with Gasteiger partial charge in [0.2, 0.25) is 0 Å². The Morgan fingerprint density at radius 2 is 2.21 bits per heavy atom. The van der Waals surface area contributed by atoms with E-state index in [0.717, 1.165) is 6.42 Å². The second kappa shape index (κ2) is 5.85. The molecular formula is C14H14ClN3O. The molecule has 0 bridgehead atoms. The molecule has 1 aromatic carbocycles. The minimum Gasteiger partial charge on any atom is -0.352 e. The molecule has 1 aromatic rings. The van der Waals surface area contributed by atoms with Crippen molar-refractivity contribution in [2.75, 3.05) is 6.54 Å². The highest BCUT2D eigenvalue weighted by atomic mass is 35.5. The summed E-state index contributed by atoms with van der Waals surface area (Å²) in [6.07, 6.45) is 7.29. The fourth-order valence-corrected chi connectivity index (χ4v) is 1.97. The van der Waals surface area contributed by atoms with E-state index in [1.54, 1.807) is 24.3 Å². The minimum atomic E-state index is -0.353. The molecule has 19 heavy (non-hydrogen) atoms.